The molecule has 3 aromatic rings. The maximum atomic E-state index is 13.4. The van der Waals surface area contributed by atoms with Gasteiger partial charge in [0.05, 0.1) is 13.2 Å². The van der Waals surface area contributed by atoms with Gasteiger partial charge in [-0.15, -0.1) is 5.10 Å². The molecule has 2 heterocycles. The topological polar surface area (TPSA) is 95.7 Å². The van der Waals surface area contributed by atoms with Crippen LogP contribution >= 0.6 is 0 Å². The number of alkyl halides is 3. The predicted octanol–water partition coefficient (Wildman–Crippen LogP) is 4.78. The van der Waals surface area contributed by atoms with Crippen LogP contribution in [0.25, 0.3) is 5.82 Å². The van der Waals surface area contributed by atoms with E-state index in [1.807, 2.05) is 0 Å². The van der Waals surface area contributed by atoms with E-state index in [2.05, 4.69) is 10.1 Å². The average molecular weight is 536 g/mol. The van der Waals surface area contributed by atoms with Crippen LogP contribution in [0, 0.1) is 0 Å². The second kappa shape index (κ2) is 12.6. The van der Waals surface area contributed by atoms with Crippen LogP contribution in [-0.2, 0) is 17.4 Å². The van der Waals surface area contributed by atoms with E-state index in [-0.39, 0.29) is 52.3 Å². The molecule has 0 aliphatic rings. The van der Waals surface area contributed by atoms with Gasteiger partial charge in [-0.2, -0.15) is 13.2 Å². The smallest absolute Gasteiger partial charge is 1.00 e. The molecule has 0 fully saturated rings. The fourth-order valence-corrected chi connectivity index (χ4v) is 3.15. The summed E-state index contributed by atoms with van der Waals surface area (Å²) in [6, 6.07) is 8.80. The van der Waals surface area contributed by atoms with Crippen molar-refractivity contribution in [1.82, 2.24) is 14.8 Å². The van der Waals surface area contributed by atoms with Gasteiger partial charge in [0.1, 0.15) is 17.1 Å². The van der Waals surface area contributed by atoms with Crippen molar-refractivity contribution in [1.29, 1.82) is 0 Å². The van der Waals surface area contributed by atoms with Crippen LogP contribution in [-0.4, -0.2) is 82.4 Å². The summed E-state index contributed by atoms with van der Waals surface area (Å²) in [4.78, 5) is 15.1. The van der Waals surface area contributed by atoms with Crippen LogP contribution in [0.4, 0.5) is 13.2 Å². The number of rotatable bonds is 11. The summed E-state index contributed by atoms with van der Waals surface area (Å²) in [5.74, 6) is -0.344. The first-order valence-electron chi connectivity index (χ1n) is 10.9. The molecule has 3 rings (SSSR count). The molecule has 0 amide bonds. The van der Waals surface area contributed by atoms with Gasteiger partial charge < -0.3 is 22.2 Å². The fraction of sp³-hybridized carbons (Fsp3) is 0.375. The first-order chi connectivity index (χ1) is 16.5. The van der Waals surface area contributed by atoms with Gasteiger partial charge in [-0.05, 0) is 57.9 Å². The quantitative estimate of drug-likeness (QED) is 0.279. The van der Waals surface area contributed by atoms with Crippen molar-refractivity contribution < 1.29 is 40.1 Å². The summed E-state index contributed by atoms with van der Waals surface area (Å²) >= 11 is 0. The number of hydrogen-bond donors (Lipinski definition) is 1. The molecule has 0 bridgehead atoms. The number of ether oxygens (including phenoxy) is 3. The second-order valence-corrected chi connectivity index (χ2v) is 8.05. The van der Waals surface area contributed by atoms with E-state index in [1.165, 1.54) is 32.3 Å². The Kier molecular flexibility index (Phi) is 10.4. The summed E-state index contributed by atoms with van der Waals surface area (Å²) < 4.78 is 58.0. The summed E-state index contributed by atoms with van der Waals surface area (Å²) in [6.07, 6.45) is -0.870. The molecule has 1 aromatic carbocycles. The van der Waals surface area contributed by atoms with Crippen LogP contribution in [0.1, 0.15) is 41.2 Å². The molecule has 192 valence electrons. The minimum Gasteiger partial charge on any atom is -1.00 e. The Balaban J connectivity index is 0.00000456. The Labute approximate surface area is 239 Å². The van der Waals surface area contributed by atoms with E-state index in [0.717, 1.165) is 10.7 Å². The van der Waals surface area contributed by atoms with Crippen molar-refractivity contribution in [2.75, 3.05) is 13.2 Å². The number of benzene rings is 1. The third-order valence-corrected chi connectivity index (χ3v) is 4.89. The Morgan fingerprint density at radius 3 is 2.53 bits per heavy atom. The zero-order valence-electron chi connectivity index (χ0n) is 22.2. The predicted molar refractivity (Wildman–Crippen MR) is 128 cm³/mol. The number of aromatic nitrogens is 3. The van der Waals surface area contributed by atoms with Gasteiger partial charge in [0.15, 0.2) is 11.4 Å². The molecule has 0 aliphatic carbocycles. The number of aliphatic carboxylic acids is 1. The van der Waals surface area contributed by atoms with Gasteiger partial charge in [-0.1, -0.05) is 6.07 Å². The first kappa shape index (κ1) is 29.7. The van der Waals surface area contributed by atoms with E-state index < -0.39 is 23.3 Å². The normalized spacial score (nSPS) is 11.5. The monoisotopic (exact) mass is 535 g/mol. The van der Waals surface area contributed by atoms with Gasteiger partial charge in [0.2, 0.25) is 5.88 Å². The molecule has 2 aromatic heterocycles. The van der Waals surface area contributed by atoms with Crippen molar-refractivity contribution in [3.8, 4) is 23.2 Å². The maximum Gasteiger partial charge on any atom is 2.00 e. The fourth-order valence-electron chi connectivity index (χ4n) is 3.15. The van der Waals surface area contributed by atoms with Gasteiger partial charge >= 0.3 is 49.9 Å². The van der Waals surface area contributed by atoms with E-state index >= 15 is 0 Å². The standard InChI is InChI=1S/C24H26F3N3O5.Ca.2H/c1-4-33-21-16(15-30(29-21)20-19(24(25,26)27)11-6-12-28-20)8-7-13-34-17-9-5-10-18(14-17)35-23(2,3)22(31)32;;;/h5-6,9-12,14-15H,4,7-8,13H2,1-3H3,(H,31,32);;;/q;+2;2*-1. The third-order valence-electron chi connectivity index (χ3n) is 4.89. The number of carboxylic acids is 1. The van der Waals surface area contributed by atoms with Crippen LogP contribution in [0.5, 0.6) is 17.4 Å². The van der Waals surface area contributed by atoms with Crippen molar-refractivity contribution in [3.05, 3.63) is 59.9 Å². The molecule has 0 saturated heterocycles. The van der Waals surface area contributed by atoms with Gasteiger partial charge in [-0.3, -0.25) is 0 Å². The molecule has 0 aliphatic heterocycles. The number of halogens is 3. The number of nitrogens with zero attached hydrogens (tertiary/aromatic N) is 3. The molecule has 0 radical (unpaired) electrons. The van der Waals surface area contributed by atoms with Crippen LogP contribution < -0.4 is 14.2 Å². The summed E-state index contributed by atoms with van der Waals surface area (Å²) in [7, 11) is 0. The number of aryl methyl sites for hydroxylation is 1. The molecule has 0 saturated carbocycles. The van der Waals surface area contributed by atoms with E-state index in [0.29, 0.717) is 43.1 Å². The van der Waals surface area contributed by atoms with Gasteiger partial charge in [-0.25, -0.2) is 14.5 Å². The largest absolute Gasteiger partial charge is 2.00 e. The molecule has 0 spiro atoms. The average Bonchev–Trinajstić information content (AvgIpc) is 3.19. The van der Waals surface area contributed by atoms with Gasteiger partial charge in [0, 0.05) is 24.0 Å². The van der Waals surface area contributed by atoms with Gasteiger partial charge in [0.25, 0.3) is 0 Å². The number of hydrogen-bond acceptors (Lipinski definition) is 6. The van der Waals surface area contributed by atoms with Crippen molar-refractivity contribution in [3.63, 3.8) is 0 Å². The van der Waals surface area contributed by atoms with Crippen molar-refractivity contribution >= 4 is 43.7 Å². The minimum atomic E-state index is -4.58. The van der Waals surface area contributed by atoms with Crippen molar-refractivity contribution in [2.24, 2.45) is 0 Å². The molecule has 8 nitrogen and oxygen atoms in total. The van der Waals surface area contributed by atoms with E-state index in [1.54, 1.807) is 31.2 Å². The molecule has 12 heteroatoms. The summed E-state index contributed by atoms with van der Waals surface area (Å²) in [5, 5.41) is 13.4. The summed E-state index contributed by atoms with van der Waals surface area (Å²) in [5.41, 5.74) is -1.67. The number of pyridine rings is 1. The Hall–Kier alpha value is -2.50. The Bertz CT molecular complexity index is 1180. The van der Waals surface area contributed by atoms with E-state index in [9.17, 15) is 23.1 Å². The van der Waals surface area contributed by atoms with E-state index in [4.69, 9.17) is 14.2 Å². The molecule has 0 atom stereocenters. The molecular weight excluding hydrogens is 507 g/mol. The number of carboxylic acid groups (broad SMARTS) is 1. The second-order valence-electron chi connectivity index (χ2n) is 8.05. The van der Waals surface area contributed by atoms with Crippen LogP contribution in [0.2, 0.25) is 0 Å². The molecule has 36 heavy (non-hydrogen) atoms. The zero-order valence-corrected chi connectivity index (χ0v) is 22.4. The van der Waals surface area contributed by atoms with Crippen LogP contribution in [0.3, 0.4) is 0 Å². The zero-order chi connectivity index (χ0) is 25.6. The first-order valence-corrected chi connectivity index (χ1v) is 10.9. The SMILES string of the molecule is CCOc1nn(-c2ncccc2C(F)(F)F)cc1CCCOc1cccc(OC(C)(C)C(=O)O)c1.[Ca+2].[H-].[H-]. The van der Waals surface area contributed by atoms with Crippen LogP contribution in [0.15, 0.2) is 48.8 Å². The maximum absolute atomic E-state index is 13.4. The summed E-state index contributed by atoms with van der Waals surface area (Å²) in [6.45, 7) is 5.24. The Morgan fingerprint density at radius 1 is 1.14 bits per heavy atom. The minimum absolute atomic E-state index is 0. The molecule has 0 unspecified atom stereocenters. The Morgan fingerprint density at radius 2 is 1.86 bits per heavy atom. The number of carbonyl (C=O) groups is 1. The molecular formula is C24H28CaF3N3O5. The third kappa shape index (κ3) is 7.75. The molecule has 1 N–H and O–H groups in total. The van der Waals surface area contributed by atoms with Crippen molar-refractivity contribution in [2.45, 2.75) is 45.4 Å².